The monoisotopic (exact) mass is 594 g/mol. The Balaban J connectivity index is 1.37. The fourth-order valence-corrected chi connectivity index (χ4v) is 3.63. The van der Waals surface area contributed by atoms with E-state index >= 15 is 0 Å². The minimum atomic E-state index is -1.37. The maximum Gasteiger partial charge on any atom is 0.343 e. The van der Waals surface area contributed by atoms with Crippen molar-refractivity contribution in [3.63, 3.8) is 0 Å². The minimum Gasteiger partial charge on any atom is -0.493 e. The van der Waals surface area contributed by atoms with Crippen LogP contribution in [0.15, 0.2) is 96.1 Å². The molecule has 1 N–H and O–H groups in total. The first-order chi connectivity index (χ1) is 19.8. The maximum absolute atomic E-state index is 12.9. The molecule has 4 aromatic rings. The van der Waals surface area contributed by atoms with Crippen LogP contribution < -0.4 is 29.1 Å². The Labute approximate surface area is 246 Å². The number of benzene rings is 4. The Morgan fingerprint density at radius 1 is 0.732 bits per heavy atom. The maximum atomic E-state index is 12.9. The molecule has 210 valence electrons. The lowest BCUT2D eigenvalue weighted by atomic mass is 10.2. The highest BCUT2D eigenvalue weighted by molar-refractivity contribution is 6.30. The number of ether oxygens (including phenoxy) is 5. The molecule has 0 aromatic heterocycles. The first-order valence-electron chi connectivity index (χ1n) is 12.1. The predicted molar refractivity (Wildman–Crippen MR) is 155 cm³/mol. The van der Waals surface area contributed by atoms with Crippen molar-refractivity contribution in [2.45, 2.75) is 6.29 Å². The van der Waals surface area contributed by atoms with Crippen molar-refractivity contribution in [2.75, 3.05) is 14.2 Å². The summed E-state index contributed by atoms with van der Waals surface area (Å²) in [6, 6.07) is 24.2. The molecule has 0 unspecified atom stereocenters. The van der Waals surface area contributed by atoms with Crippen LogP contribution in [0.4, 0.5) is 0 Å². The van der Waals surface area contributed by atoms with Crippen LogP contribution in [0.2, 0.25) is 10.0 Å². The van der Waals surface area contributed by atoms with Gasteiger partial charge in [-0.15, -0.1) is 0 Å². The van der Waals surface area contributed by atoms with Gasteiger partial charge in [-0.3, -0.25) is 4.79 Å². The Kier molecular flexibility index (Phi) is 10.0. The molecule has 4 aromatic carbocycles. The summed E-state index contributed by atoms with van der Waals surface area (Å²) in [5.74, 6) is 0.739. The van der Waals surface area contributed by atoms with Crippen LogP contribution in [0.5, 0.6) is 28.7 Å². The van der Waals surface area contributed by atoms with Crippen LogP contribution in [0.3, 0.4) is 0 Å². The molecule has 1 amide bonds. The van der Waals surface area contributed by atoms with E-state index in [2.05, 4.69) is 10.5 Å². The lowest BCUT2D eigenvalue weighted by Crippen LogP contribution is -2.40. The van der Waals surface area contributed by atoms with E-state index in [0.29, 0.717) is 49.9 Å². The topological polar surface area (TPSA) is 105 Å². The molecule has 0 aliphatic heterocycles. The molecule has 0 aliphatic carbocycles. The third-order valence-electron chi connectivity index (χ3n) is 5.43. The standard InChI is InChI=1S/C30H24Cl2N2O7/c1-37-26-16-5-20(17-27(26)38-2)29(36)39-23-10-3-19(4-11-23)18-33-34-28(35)30(40-24-12-6-21(31)7-13-24)41-25-14-8-22(32)9-15-25/h3-18,30H,1-2H3,(H,34,35)/b33-18+. The van der Waals surface area contributed by atoms with Crippen LogP contribution >= 0.6 is 23.2 Å². The molecule has 0 aliphatic rings. The van der Waals surface area contributed by atoms with Crippen LogP contribution in [0.25, 0.3) is 0 Å². The quantitative estimate of drug-likeness (QED) is 0.0728. The SMILES string of the molecule is COc1ccc(C(=O)Oc2ccc(/C=N/NC(=O)C(Oc3ccc(Cl)cc3)Oc3ccc(Cl)cc3)cc2)cc1OC. The van der Waals surface area contributed by atoms with Crippen molar-refractivity contribution in [1.29, 1.82) is 0 Å². The minimum absolute atomic E-state index is 0.298. The highest BCUT2D eigenvalue weighted by atomic mass is 35.5. The number of esters is 1. The van der Waals surface area contributed by atoms with E-state index in [1.54, 1.807) is 84.9 Å². The van der Waals surface area contributed by atoms with E-state index in [9.17, 15) is 9.59 Å². The highest BCUT2D eigenvalue weighted by Crippen LogP contribution is 2.28. The molecule has 0 bridgehead atoms. The predicted octanol–water partition coefficient (Wildman–Crippen LogP) is 6.16. The molecule has 0 heterocycles. The second-order valence-electron chi connectivity index (χ2n) is 8.24. The van der Waals surface area contributed by atoms with Gasteiger partial charge in [0, 0.05) is 10.0 Å². The van der Waals surface area contributed by atoms with Crippen LogP contribution in [0, 0.1) is 0 Å². The van der Waals surface area contributed by atoms with Gasteiger partial charge < -0.3 is 23.7 Å². The van der Waals surface area contributed by atoms with Gasteiger partial charge in [0.1, 0.15) is 17.2 Å². The van der Waals surface area contributed by atoms with Gasteiger partial charge in [-0.25, -0.2) is 10.2 Å². The average Bonchev–Trinajstić information content (AvgIpc) is 2.99. The van der Waals surface area contributed by atoms with Gasteiger partial charge >= 0.3 is 18.2 Å². The van der Waals surface area contributed by atoms with Crippen molar-refractivity contribution in [2.24, 2.45) is 5.10 Å². The van der Waals surface area contributed by atoms with Gasteiger partial charge in [0.15, 0.2) is 11.5 Å². The lowest BCUT2D eigenvalue weighted by molar-refractivity contribution is -0.140. The fourth-order valence-electron chi connectivity index (χ4n) is 3.38. The van der Waals surface area contributed by atoms with Crippen molar-refractivity contribution in [3.8, 4) is 28.7 Å². The average molecular weight is 595 g/mol. The van der Waals surface area contributed by atoms with Gasteiger partial charge in [0.2, 0.25) is 0 Å². The lowest BCUT2D eigenvalue weighted by Gasteiger charge is -2.19. The van der Waals surface area contributed by atoms with Gasteiger partial charge in [0.25, 0.3) is 0 Å². The van der Waals surface area contributed by atoms with E-state index in [1.165, 1.54) is 26.5 Å². The van der Waals surface area contributed by atoms with Crippen LogP contribution in [0.1, 0.15) is 15.9 Å². The number of hydrogen-bond acceptors (Lipinski definition) is 8. The van der Waals surface area contributed by atoms with Gasteiger partial charge in [0.05, 0.1) is 26.0 Å². The van der Waals surface area contributed by atoms with Crippen molar-refractivity contribution in [3.05, 3.63) is 112 Å². The second kappa shape index (κ2) is 14.1. The Morgan fingerprint density at radius 2 is 1.27 bits per heavy atom. The molecule has 0 atom stereocenters. The van der Waals surface area contributed by atoms with E-state index in [-0.39, 0.29) is 0 Å². The van der Waals surface area contributed by atoms with Crippen molar-refractivity contribution in [1.82, 2.24) is 5.43 Å². The first-order valence-corrected chi connectivity index (χ1v) is 12.8. The summed E-state index contributed by atoms with van der Waals surface area (Å²) < 4.78 is 27.3. The summed E-state index contributed by atoms with van der Waals surface area (Å²) >= 11 is 11.9. The molecule has 11 heteroatoms. The summed E-state index contributed by atoms with van der Waals surface area (Å²) in [5.41, 5.74) is 3.33. The van der Waals surface area contributed by atoms with Crippen molar-refractivity contribution < 1.29 is 33.3 Å². The van der Waals surface area contributed by atoms with Gasteiger partial charge in [-0.1, -0.05) is 23.2 Å². The summed E-state index contributed by atoms with van der Waals surface area (Å²) in [6.07, 6.45) is 0.0484. The van der Waals surface area contributed by atoms with Gasteiger partial charge in [-0.2, -0.15) is 5.10 Å². The van der Waals surface area contributed by atoms with E-state index in [1.807, 2.05) is 0 Å². The molecule has 0 spiro atoms. The van der Waals surface area contributed by atoms with E-state index in [0.717, 1.165) is 0 Å². The number of carbonyl (C=O) groups excluding carboxylic acids is 2. The molecule has 0 saturated heterocycles. The number of carbonyl (C=O) groups is 2. The van der Waals surface area contributed by atoms with Crippen molar-refractivity contribution >= 4 is 41.3 Å². The zero-order chi connectivity index (χ0) is 29.2. The zero-order valence-electron chi connectivity index (χ0n) is 21.9. The summed E-state index contributed by atoms with van der Waals surface area (Å²) in [4.78, 5) is 25.4. The first kappa shape index (κ1) is 29.3. The molecular weight excluding hydrogens is 571 g/mol. The summed E-state index contributed by atoms with van der Waals surface area (Å²) in [7, 11) is 2.99. The molecule has 41 heavy (non-hydrogen) atoms. The Bertz CT molecular complexity index is 1460. The molecular formula is C30H24Cl2N2O7. The number of rotatable bonds is 11. The number of nitrogens with one attached hydrogen (secondary N) is 1. The summed E-state index contributed by atoms with van der Waals surface area (Å²) in [6.45, 7) is 0. The molecule has 0 radical (unpaired) electrons. The third-order valence-corrected chi connectivity index (χ3v) is 5.93. The number of hydrogen-bond donors (Lipinski definition) is 1. The highest BCUT2D eigenvalue weighted by Gasteiger charge is 2.23. The largest absolute Gasteiger partial charge is 0.493 e. The van der Waals surface area contributed by atoms with Gasteiger partial charge in [-0.05, 0) is 96.6 Å². The fraction of sp³-hybridized carbons (Fsp3) is 0.100. The van der Waals surface area contributed by atoms with E-state index < -0.39 is 18.2 Å². The van der Waals surface area contributed by atoms with Crippen LogP contribution in [-0.2, 0) is 4.79 Å². The van der Waals surface area contributed by atoms with E-state index in [4.69, 9.17) is 46.9 Å². The Morgan fingerprint density at radius 3 is 1.80 bits per heavy atom. The van der Waals surface area contributed by atoms with Crippen LogP contribution in [-0.4, -0.2) is 38.6 Å². The number of methoxy groups -OCH3 is 2. The number of halogens is 2. The third kappa shape index (κ3) is 8.38. The number of nitrogens with zero attached hydrogens (tertiary/aromatic N) is 1. The molecule has 4 rings (SSSR count). The Hall–Kier alpha value is -4.73. The zero-order valence-corrected chi connectivity index (χ0v) is 23.4. The molecule has 0 fully saturated rings. The smallest absolute Gasteiger partial charge is 0.343 e. The summed E-state index contributed by atoms with van der Waals surface area (Å²) in [5, 5.41) is 5.02. The number of amides is 1. The number of hydrazone groups is 1. The molecule has 0 saturated carbocycles. The molecule has 9 nitrogen and oxygen atoms in total. The second-order valence-corrected chi connectivity index (χ2v) is 9.11. The normalized spacial score (nSPS) is 10.8.